The summed E-state index contributed by atoms with van der Waals surface area (Å²) in [5.41, 5.74) is 2.17. The van der Waals surface area contributed by atoms with Crippen molar-refractivity contribution < 1.29 is 4.79 Å². The molecule has 0 fully saturated rings. The number of amides is 1. The van der Waals surface area contributed by atoms with Gasteiger partial charge in [0.1, 0.15) is 0 Å². The summed E-state index contributed by atoms with van der Waals surface area (Å²) in [7, 11) is 0. The summed E-state index contributed by atoms with van der Waals surface area (Å²) in [6.07, 6.45) is 0. The van der Waals surface area contributed by atoms with Gasteiger partial charge in [-0.1, -0.05) is 60.7 Å². The Bertz CT molecular complexity index is 528. The second-order valence-electron chi connectivity index (χ2n) is 4.60. The Hall–Kier alpha value is -2.17. The van der Waals surface area contributed by atoms with E-state index in [0.717, 1.165) is 11.1 Å². The third kappa shape index (κ3) is 4.50. The number of carbonyl (C=O) groups excluding carboxylic acids is 1. The maximum atomic E-state index is 11.9. The van der Waals surface area contributed by atoms with E-state index in [4.69, 9.17) is 5.84 Å². The van der Waals surface area contributed by atoms with Crippen LogP contribution in [0.4, 0.5) is 0 Å². The van der Waals surface area contributed by atoms with Crippen LogP contribution in [0.25, 0.3) is 0 Å². The molecule has 0 saturated carbocycles. The van der Waals surface area contributed by atoms with Crippen molar-refractivity contribution in [2.45, 2.75) is 13.1 Å². The van der Waals surface area contributed by atoms with E-state index >= 15 is 0 Å². The smallest absolute Gasteiger partial charge is 0.250 e. The number of benzene rings is 2. The highest BCUT2D eigenvalue weighted by atomic mass is 16.2. The Labute approximate surface area is 119 Å². The van der Waals surface area contributed by atoms with E-state index in [1.54, 1.807) is 0 Å². The zero-order valence-electron chi connectivity index (χ0n) is 11.3. The van der Waals surface area contributed by atoms with Gasteiger partial charge in [-0.15, -0.1) is 0 Å². The summed E-state index contributed by atoms with van der Waals surface area (Å²) in [4.78, 5) is 11.9. The highest BCUT2D eigenvalue weighted by Gasteiger charge is 2.09. The molecule has 3 N–H and O–H groups in total. The fourth-order valence-corrected chi connectivity index (χ4v) is 1.88. The van der Waals surface area contributed by atoms with Crippen molar-refractivity contribution in [3.05, 3.63) is 71.8 Å². The van der Waals surface area contributed by atoms with Crippen LogP contribution in [0, 0.1) is 0 Å². The number of rotatable bonds is 6. The Morgan fingerprint density at radius 1 is 0.950 bits per heavy atom. The molecule has 0 heterocycles. The van der Waals surface area contributed by atoms with E-state index in [0.29, 0.717) is 13.1 Å². The highest BCUT2D eigenvalue weighted by molar-refractivity contribution is 5.77. The molecule has 0 spiro atoms. The summed E-state index contributed by atoms with van der Waals surface area (Å²) >= 11 is 0. The van der Waals surface area contributed by atoms with Crippen molar-refractivity contribution in [1.82, 2.24) is 10.3 Å². The number of nitrogens with two attached hydrogens (primary N) is 1. The van der Waals surface area contributed by atoms with E-state index in [2.05, 4.69) is 5.32 Å². The van der Waals surface area contributed by atoms with Gasteiger partial charge in [0.25, 0.3) is 5.91 Å². The van der Waals surface area contributed by atoms with Gasteiger partial charge in [0.2, 0.25) is 0 Å². The molecule has 0 aromatic heterocycles. The van der Waals surface area contributed by atoms with E-state index in [-0.39, 0.29) is 12.5 Å². The predicted molar refractivity (Wildman–Crippen MR) is 79.3 cm³/mol. The summed E-state index contributed by atoms with van der Waals surface area (Å²) in [6.45, 7) is 1.32. The number of nitrogens with one attached hydrogen (secondary N) is 1. The SMILES string of the molecule is NN(Cc1ccccc1)C(=O)CNCc1ccccc1. The molecule has 1 amide bonds. The first kappa shape index (κ1) is 14.2. The topological polar surface area (TPSA) is 58.4 Å². The van der Waals surface area contributed by atoms with Crippen molar-refractivity contribution in [2.24, 2.45) is 5.84 Å². The highest BCUT2D eigenvalue weighted by Crippen LogP contribution is 2.01. The summed E-state index contributed by atoms with van der Waals surface area (Å²) in [6, 6.07) is 19.7. The van der Waals surface area contributed by atoms with Gasteiger partial charge in [0.05, 0.1) is 13.1 Å². The number of hydrogen-bond donors (Lipinski definition) is 2. The Morgan fingerprint density at radius 2 is 1.50 bits per heavy atom. The minimum absolute atomic E-state index is 0.121. The van der Waals surface area contributed by atoms with Crippen molar-refractivity contribution in [2.75, 3.05) is 6.54 Å². The summed E-state index contributed by atoms with van der Waals surface area (Å²) in [5.74, 6) is 5.65. The average Bonchev–Trinajstić information content (AvgIpc) is 2.49. The Balaban J connectivity index is 1.74. The molecule has 0 unspecified atom stereocenters. The van der Waals surface area contributed by atoms with Crippen molar-refractivity contribution in [1.29, 1.82) is 0 Å². The van der Waals surface area contributed by atoms with E-state index in [1.165, 1.54) is 5.01 Å². The zero-order valence-corrected chi connectivity index (χ0v) is 11.3. The monoisotopic (exact) mass is 269 g/mol. The molecule has 0 aliphatic heterocycles. The van der Waals surface area contributed by atoms with Crippen molar-refractivity contribution in [3.8, 4) is 0 Å². The molecule has 2 aromatic rings. The average molecular weight is 269 g/mol. The third-order valence-electron chi connectivity index (χ3n) is 2.96. The molecule has 20 heavy (non-hydrogen) atoms. The zero-order chi connectivity index (χ0) is 14.2. The lowest BCUT2D eigenvalue weighted by molar-refractivity contribution is -0.131. The molecular formula is C16H19N3O. The van der Waals surface area contributed by atoms with E-state index in [1.807, 2.05) is 60.7 Å². The van der Waals surface area contributed by atoms with Gasteiger partial charge >= 0.3 is 0 Å². The second kappa shape index (κ2) is 7.43. The number of hydrazine groups is 1. The van der Waals surface area contributed by atoms with Gasteiger partial charge in [-0.25, -0.2) is 5.84 Å². The molecule has 0 atom stereocenters. The lowest BCUT2D eigenvalue weighted by Gasteiger charge is -2.17. The molecule has 2 rings (SSSR count). The van der Waals surface area contributed by atoms with Crippen LogP contribution in [0.2, 0.25) is 0 Å². The normalized spacial score (nSPS) is 10.2. The van der Waals surface area contributed by atoms with Crippen LogP contribution in [0.15, 0.2) is 60.7 Å². The molecule has 2 aromatic carbocycles. The number of nitrogens with zero attached hydrogens (tertiary/aromatic N) is 1. The van der Waals surface area contributed by atoms with Crippen molar-refractivity contribution >= 4 is 5.91 Å². The maximum absolute atomic E-state index is 11.9. The Kier molecular flexibility index (Phi) is 5.29. The first-order valence-corrected chi connectivity index (χ1v) is 6.59. The largest absolute Gasteiger partial charge is 0.304 e. The standard InChI is InChI=1S/C16H19N3O/c17-19(13-15-9-5-2-6-10-15)16(20)12-18-11-14-7-3-1-4-8-14/h1-10,18H,11-13,17H2. The van der Waals surface area contributed by atoms with Gasteiger partial charge < -0.3 is 5.32 Å². The van der Waals surface area contributed by atoms with Gasteiger partial charge in [-0.2, -0.15) is 0 Å². The van der Waals surface area contributed by atoms with Crippen LogP contribution >= 0.6 is 0 Å². The first-order valence-electron chi connectivity index (χ1n) is 6.59. The molecule has 0 saturated heterocycles. The van der Waals surface area contributed by atoms with Crippen LogP contribution in [0.5, 0.6) is 0 Å². The summed E-state index contributed by atoms with van der Waals surface area (Å²) < 4.78 is 0. The van der Waals surface area contributed by atoms with Gasteiger partial charge in [0, 0.05) is 6.54 Å². The molecule has 0 radical (unpaired) electrons. The van der Waals surface area contributed by atoms with Gasteiger partial charge in [-0.05, 0) is 11.1 Å². The molecule has 0 bridgehead atoms. The molecule has 104 valence electrons. The van der Waals surface area contributed by atoms with Crippen LogP contribution in [-0.4, -0.2) is 17.5 Å². The number of hydrogen-bond acceptors (Lipinski definition) is 3. The van der Waals surface area contributed by atoms with Gasteiger partial charge in [0.15, 0.2) is 0 Å². The predicted octanol–water partition coefficient (Wildman–Crippen LogP) is 1.68. The second-order valence-corrected chi connectivity index (χ2v) is 4.60. The molecule has 4 nitrogen and oxygen atoms in total. The van der Waals surface area contributed by atoms with Crippen LogP contribution in [0.3, 0.4) is 0 Å². The molecule has 4 heteroatoms. The number of carbonyl (C=O) groups is 1. The third-order valence-corrected chi connectivity index (χ3v) is 2.96. The van der Waals surface area contributed by atoms with Crippen LogP contribution < -0.4 is 11.2 Å². The van der Waals surface area contributed by atoms with Crippen molar-refractivity contribution in [3.63, 3.8) is 0 Å². The Morgan fingerprint density at radius 3 is 2.10 bits per heavy atom. The fraction of sp³-hybridized carbons (Fsp3) is 0.188. The molecular weight excluding hydrogens is 250 g/mol. The first-order chi connectivity index (χ1) is 9.75. The minimum atomic E-state index is -0.121. The van der Waals surface area contributed by atoms with Crippen LogP contribution in [-0.2, 0) is 17.9 Å². The molecule has 0 aliphatic carbocycles. The maximum Gasteiger partial charge on any atom is 0.250 e. The van der Waals surface area contributed by atoms with Gasteiger partial charge in [-0.3, -0.25) is 9.80 Å². The lowest BCUT2D eigenvalue weighted by atomic mass is 10.2. The van der Waals surface area contributed by atoms with E-state index in [9.17, 15) is 4.79 Å². The quantitative estimate of drug-likeness (QED) is 0.476. The minimum Gasteiger partial charge on any atom is -0.304 e. The van der Waals surface area contributed by atoms with E-state index < -0.39 is 0 Å². The fourth-order valence-electron chi connectivity index (χ4n) is 1.88. The lowest BCUT2D eigenvalue weighted by Crippen LogP contribution is -2.42. The summed E-state index contributed by atoms with van der Waals surface area (Å²) in [5, 5.41) is 4.34. The van der Waals surface area contributed by atoms with Crippen LogP contribution in [0.1, 0.15) is 11.1 Å². The molecule has 0 aliphatic rings.